The molecule has 0 saturated carbocycles. The second kappa shape index (κ2) is 7.05. The Morgan fingerprint density at radius 2 is 2.00 bits per heavy atom. The van der Waals surface area contributed by atoms with Crippen LogP contribution < -0.4 is 4.90 Å². The summed E-state index contributed by atoms with van der Waals surface area (Å²) in [5, 5.41) is 21.6. The minimum absolute atomic E-state index is 0.0692. The van der Waals surface area contributed by atoms with Gasteiger partial charge in [0.2, 0.25) is 0 Å². The number of hydrogen-bond donors (Lipinski definition) is 2. The van der Waals surface area contributed by atoms with Crippen LogP contribution in [0.2, 0.25) is 0 Å². The molecule has 1 rings (SSSR count). The molecule has 0 amide bonds. The van der Waals surface area contributed by atoms with E-state index in [1.165, 1.54) is 7.11 Å². The Bertz CT molecular complexity index is 367. The summed E-state index contributed by atoms with van der Waals surface area (Å²) in [6.45, 7) is 1.86. The van der Waals surface area contributed by atoms with E-state index < -0.39 is 12.3 Å². The fourth-order valence-electron chi connectivity index (χ4n) is 1.80. The molecule has 0 aliphatic heterocycles. The SMILES string of the molecule is COC(C(C)O)N(CCO)c1ccc(N=O)cc1. The van der Waals surface area contributed by atoms with E-state index in [0.29, 0.717) is 12.2 Å². The second-order valence-corrected chi connectivity index (χ2v) is 3.89. The highest BCUT2D eigenvalue weighted by molar-refractivity contribution is 5.53. The first-order valence-electron chi connectivity index (χ1n) is 5.65. The summed E-state index contributed by atoms with van der Waals surface area (Å²) in [6.07, 6.45) is -1.28. The van der Waals surface area contributed by atoms with Crippen molar-refractivity contribution in [1.29, 1.82) is 0 Å². The topological polar surface area (TPSA) is 82.4 Å². The first-order chi connectivity index (χ1) is 8.63. The highest BCUT2D eigenvalue weighted by Crippen LogP contribution is 2.22. The molecule has 2 unspecified atom stereocenters. The lowest BCUT2D eigenvalue weighted by atomic mass is 10.2. The van der Waals surface area contributed by atoms with Crippen LogP contribution in [0.15, 0.2) is 29.4 Å². The molecule has 0 aliphatic rings. The van der Waals surface area contributed by atoms with Crippen molar-refractivity contribution in [2.45, 2.75) is 19.3 Å². The van der Waals surface area contributed by atoms with E-state index in [1.54, 1.807) is 36.1 Å². The maximum Gasteiger partial charge on any atom is 0.155 e. The van der Waals surface area contributed by atoms with Gasteiger partial charge in [-0.15, -0.1) is 4.91 Å². The maximum atomic E-state index is 10.3. The number of nitrogens with zero attached hydrogens (tertiary/aromatic N) is 2. The molecule has 0 fully saturated rings. The third-order valence-corrected chi connectivity index (χ3v) is 2.59. The largest absolute Gasteiger partial charge is 0.395 e. The number of methoxy groups -OCH3 is 1. The number of anilines is 1. The molecule has 2 atom stereocenters. The standard InChI is InChI=1S/C12H18N2O4/c1-9(16)12(18-2)14(7-8-15)11-5-3-10(13-17)4-6-11/h3-6,9,12,15-16H,7-8H2,1-2H3. The van der Waals surface area contributed by atoms with Gasteiger partial charge in [0.1, 0.15) is 5.69 Å². The zero-order chi connectivity index (χ0) is 13.5. The van der Waals surface area contributed by atoms with Crippen molar-refractivity contribution in [1.82, 2.24) is 0 Å². The summed E-state index contributed by atoms with van der Waals surface area (Å²) in [5.74, 6) is 0. The van der Waals surface area contributed by atoms with Crippen LogP contribution in [0.3, 0.4) is 0 Å². The first-order valence-corrected chi connectivity index (χ1v) is 5.65. The Balaban J connectivity index is 2.98. The van der Waals surface area contributed by atoms with Crippen molar-refractivity contribution in [2.24, 2.45) is 5.18 Å². The zero-order valence-corrected chi connectivity index (χ0v) is 10.5. The van der Waals surface area contributed by atoms with Crippen LogP contribution in [0.4, 0.5) is 11.4 Å². The van der Waals surface area contributed by atoms with Crippen molar-refractivity contribution >= 4 is 11.4 Å². The van der Waals surface area contributed by atoms with E-state index in [0.717, 1.165) is 5.69 Å². The highest BCUT2D eigenvalue weighted by Gasteiger charge is 2.22. The number of hydrogen-bond acceptors (Lipinski definition) is 6. The van der Waals surface area contributed by atoms with E-state index in [2.05, 4.69) is 5.18 Å². The Kier molecular flexibility index (Phi) is 5.70. The molecule has 0 radical (unpaired) electrons. The zero-order valence-electron chi connectivity index (χ0n) is 10.5. The average Bonchev–Trinajstić information content (AvgIpc) is 2.38. The number of ether oxygens (including phenoxy) is 1. The Morgan fingerprint density at radius 3 is 2.39 bits per heavy atom. The molecular weight excluding hydrogens is 236 g/mol. The molecule has 2 N–H and O–H groups in total. The van der Waals surface area contributed by atoms with E-state index in [9.17, 15) is 10.0 Å². The van der Waals surface area contributed by atoms with Gasteiger partial charge in [-0.25, -0.2) is 0 Å². The number of nitroso groups, excluding NO2 is 1. The van der Waals surface area contributed by atoms with Crippen LogP contribution in [-0.4, -0.2) is 42.8 Å². The number of aliphatic hydroxyl groups is 2. The molecule has 0 saturated heterocycles. The van der Waals surface area contributed by atoms with Crippen molar-refractivity contribution in [3.63, 3.8) is 0 Å². The molecule has 18 heavy (non-hydrogen) atoms. The lowest BCUT2D eigenvalue weighted by molar-refractivity contribution is -0.00502. The third-order valence-electron chi connectivity index (χ3n) is 2.59. The Labute approximate surface area is 106 Å². The fourth-order valence-corrected chi connectivity index (χ4v) is 1.80. The quantitative estimate of drug-likeness (QED) is 0.565. The summed E-state index contributed by atoms with van der Waals surface area (Å²) >= 11 is 0. The van der Waals surface area contributed by atoms with Crippen molar-refractivity contribution in [3.8, 4) is 0 Å². The summed E-state index contributed by atoms with van der Waals surface area (Å²) in [7, 11) is 1.49. The smallest absolute Gasteiger partial charge is 0.155 e. The molecule has 0 spiro atoms. The van der Waals surface area contributed by atoms with Crippen molar-refractivity contribution < 1.29 is 14.9 Å². The van der Waals surface area contributed by atoms with Crippen LogP contribution in [0.1, 0.15) is 6.92 Å². The molecule has 1 aromatic carbocycles. The van der Waals surface area contributed by atoms with Gasteiger partial charge in [-0.2, -0.15) is 0 Å². The molecule has 0 aromatic heterocycles. The summed E-state index contributed by atoms with van der Waals surface area (Å²) in [6, 6.07) is 6.53. The van der Waals surface area contributed by atoms with Gasteiger partial charge in [-0.05, 0) is 36.4 Å². The third kappa shape index (κ3) is 3.49. The van der Waals surface area contributed by atoms with E-state index in [-0.39, 0.29) is 6.61 Å². The maximum absolute atomic E-state index is 10.3. The summed E-state index contributed by atoms with van der Waals surface area (Å²) in [5.41, 5.74) is 1.07. The predicted octanol–water partition coefficient (Wildman–Crippen LogP) is 1.24. The van der Waals surface area contributed by atoms with Gasteiger partial charge in [0.15, 0.2) is 6.23 Å². The minimum Gasteiger partial charge on any atom is -0.395 e. The highest BCUT2D eigenvalue weighted by atomic mass is 16.5. The van der Waals surface area contributed by atoms with Crippen molar-refractivity contribution in [3.05, 3.63) is 29.2 Å². The van der Waals surface area contributed by atoms with Gasteiger partial charge in [0.25, 0.3) is 0 Å². The van der Waals surface area contributed by atoms with Gasteiger partial charge in [0.05, 0.1) is 12.7 Å². The number of rotatable bonds is 7. The molecule has 1 aromatic rings. The lowest BCUT2D eigenvalue weighted by Gasteiger charge is -2.33. The van der Waals surface area contributed by atoms with Crippen LogP contribution in [0, 0.1) is 4.91 Å². The minimum atomic E-state index is -0.717. The molecular formula is C12H18N2O4. The summed E-state index contributed by atoms with van der Waals surface area (Å²) < 4.78 is 5.22. The van der Waals surface area contributed by atoms with Crippen LogP contribution in [0.5, 0.6) is 0 Å². The Hall–Kier alpha value is -1.50. The number of aliphatic hydroxyl groups excluding tert-OH is 2. The van der Waals surface area contributed by atoms with Gasteiger partial charge in [-0.3, -0.25) is 0 Å². The molecule has 6 nitrogen and oxygen atoms in total. The lowest BCUT2D eigenvalue weighted by Crippen LogP contribution is -2.45. The van der Waals surface area contributed by atoms with Gasteiger partial charge in [0, 0.05) is 19.3 Å². The first kappa shape index (κ1) is 14.6. The van der Waals surface area contributed by atoms with Crippen LogP contribution >= 0.6 is 0 Å². The molecule has 0 heterocycles. The van der Waals surface area contributed by atoms with E-state index in [4.69, 9.17) is 9.84 Å². The average molecular weight is 254 g/mol. The van der Waals surface area contributed by atoms with Gasteiger partial charge in [-0.1, -0.05) is 0 Å². The number of benzene rings is 1. The molecule has 0 aliphatic carbocycles. The molecule has 100 valence electrons. The van der Waals surface area contributed by atoms with E-state index >= 15 is 0 Å². The van der Waals surface area contributed by atoms with Gasteiger partial charge < -0.3 is 19.8 Å². The molecule has 6 heteroatoms. The molecule has 0 bridgehead atoms. The summed E-state index contributed by atoms with van der Waals surface area (Å²) in [4.78, 5) is 12.1. The van der Waals surface area contributed by atoms with Gasteiger partial charge >= 0.3 is 0 Å². The normalized spacial score (nSPS) is 14.0. The van der Waals surface area contributed by atoms with Crippen molar-refractivity contribution in [2.75, 3.05) is 25.2 Å². The predicted molar refractivity (Wildman–Crippen MR) is 68.8 cm³/mol. The Morgan fingerprint density at radius 1 is 1.39 bits per heavy atom. The second-order valence-electron chi connectivity index (χ2n) is 3.89. The fraction of sp³-hybridized carbons (Fsp3) is 0.500. The van der Waals surface area contributed by atoms with Crippen LogP contribution in [0.25, 0.3) is 0 Å². The van der Waals surface area contributed by atoms with E-state index in [1.807, 2.05) is 0 Å². The monoisotopic (exact) mass is 254 g/mol. The van der Waals surface area contributed by atoms with Crippen LogP contribution in [-0.2, 0) is 4.74 Å².